The van der Waals surface area contributed by atoms with Crippen LogP contribution in [0.5, 0.6) is 5.75 Å². The number of aryl methyl sites for hydroxylation is 1. The second-order valence-corrected chi connectivity index (χ2v) is 3.15. The number of ether oxygens (including phenoxy) is 1. The Morgan fingerprint density at radius 1 is 1.53 bits per heavy atom. The first-order valence-corrected chi connectivity index (χ1v) is 4.55. The van der Waals surface area contributed by atoms with Gasteiger partial charge in [-0.15, -0.1) is 0 Å². The van der Waals surface area contributed by atoms with Gasteiger partial charge in [0.15, 0.2) is 0 Å². The Balaban J connectivity index is 2.94. The van der Waals surface area contributed by atoms with E-state index in [1.807, 2.05) is 25.1 Å². The summed E-state index contributed by atoms with van der Waals surface area (Å²) in [4.78, 5) is 10.5. The van der Waals surface area contributed by atoms with Crippen molar-refractivity contribution in [2.24, 2.45) is 5.73 Å². The molecule has 0 saturated carbocycles. The van der Waals surface area contributed by atoms with Gasteiger partial charge in [0.1, 0.15) is 5.75 Å². The summed E-state index contributed by atoms with van der Waals surface area (Å²) in [5.74, 6) is 5.84. The Morgan fingerprint density at radius 3 is 2.87 bits per heavy atom. The lowest BCUT2D eigenvalue weighted by Gasteiger charge is -2.03. The first-order valence-electron chi connectivity index (χ1n) is 4.55. The van der Waals surface area contributed by atoms with Gasteiger partial charge in [0.2, 0.25) is 5.91 Å². The Morgan fingerprint density at radius 2 is 2.27 bits per heavy atom. The van der Waals surface area contributed by atoms with Crippen molar-refractivity contribution in [3.8, 4) is 17.6 Å². The van der Waals surface area contributed by atoms with Crippen LogP contribution in [-0.4, -0.2) is 13.0 Å². The predicted molar refractivity (Wildman–Crippen MR) is 58.4 cm³/mol. The highest BCUT2D eigenvalue weighted by Crippen LogP contribution is 2.18. The first kappa shape index (κ1) is 11.1. The van der Waals surface area contributed by atoms with Crippen molar-refractivity contribution < 1.29 is 9.53 Å². The normalized spacial score (nSPS) is 8.93. The van der Waals surface area contributed by atoms with E-state index in [1.165, 1.54) is 0 Å². The number of amides is 1. The molecule has 0 spiro atoms. The van der Waals surface area contributed by atoms with Crippen LogP contribution in [0.15, 0.2) is 18.2 Å². The second kappa shape index (κ2) is 5.06. The lowest BCUT2D eigenvalue weighted by molar-refractivity contribution is -0.117. The molecule has 3 heteroatoms. The molecule has 78 valence electrons. The molecule has 0 saturated heterocycles. The lowest BCUT2D eigenvalue weighted by Crippen LogP contribution is -2.08. The molecule has 1 amide bonds. The molecule has 1 rings (SSSR count). The summed E-state index contributed by atoms with van der Waals surface area (Å²) in [7, 11) is 1.59. The summed E-state index contributed by atoms with van der Waals surface area (Å²) in [5.41, 5.74) is 6.86. The SMILES string of the molecule is COc1ccc(C)cc1C#CCC(N)=O. The van der Waals surface area contributed by atoms with Gasteiger partial charge in [-0.1, -0.05) is 17.9 Å². The predicted octanol–water partition coefficient (Wildman–Crippen LogP) is 1.23. The van der Waals surface area contributed by atoms with Gasteiger partial charge >= 0.3 is 0 Å². The van der Waals surface area contributed by atoms with Crippen LogP contribution in [0.2, 0.25) is 0 Å². The molecule has 2 N–H and O–H groups in total. The third-order valence-electron chi connectivity index (χ3n) is 1.84. The van der Waals surface area contributed by atoms with Crippen LogP contribution in [0.25, 0.3) is 0 Å². The van der Waals surface area contributed by atoms with Crippen LogP contribution in [0, 0.1) is 18.8 Å². The van der Waals surface area contributed by atoms with E-state index in [-0.39, 0.29) is 6.42 Å². The van der Waals surface area contributed by atoms with Gasteiger partial charge < -0.3 is 10.5 Å². The summed E-state index contributed by atoms with van der Waals surface area (Å²) in [6.07, 6.45) is 0.0666. The van der Waals surface area contributed by atoms with E-state index < -0.39 is 5.91 Å². The number of carbonyl (C=O) groups is 1. The van der Waals surface area contributed by atoms with E-state index in [0.717, 1.165) is 11.1 Å². The zero-order valence-corrected chi connectivity index (χ0v) is 8.83. The molecule has 1 aromatic rings. The smallest absolute Gasteiger partial charge is 0.229 e. The highest BCUT2D eigenvalue weighted by atomic mass is 16.5. The highest BCUT2D eigenvalue weighted by molar-refractivity contribution is 5.76. The van der Waals surface area contributed by atoms with Crippen LogP contribution < -0.4 is 10.5 Å². The largest absolute Gasteiger partial charge is 0.495 e. The van der Waals surface area contributed by atoms with Gasteiger partial charge in [-0.25, -0.2) is 0 Å². The van der Waals surface area contributed by atoms with E-state index >= 15 is 0 Å². The van der Waals surface area contributed by atoms with Crippen molar-refractivity contribution >= 4 is 5.91 Å². The maximum Gasteiger partial charge on any atom is 0.229 e. The fraction of sp³-hybridized carbons (Fsp3) is 0.250. The number of hydrogen-bond acceptors (Lipinski definition) is 2. The third-order valence-corrected chi connectivity index (χ3v) is 1.84. The first-order chi connectivity index (χ1) is 7.13. The third kappa shape index (κ3) is 3.35. The maximum atomic E-state index is 10.5. The van der Waals surface area contributed by atoms with Crippen molar-refractivity contribution in [2.45, 2.75) is 13.3 Å². The minimum atomic E-state index is -0.422. The van der Waals surface area contributed by atoms with Gasteiger partial charge in [-0.05, 0) is 24.6 Å². The number of methoxy groups -OCH3 is 1. The molecule has 0 aliphatic heterocycles. The molecule has 0 aliphatic carbocycles. The van der Waals surface area contributed by atoms with Crippen molar-refractivity contribution in [1.29, 1.82) is 0 Å². The van der Waals surface area contributed by atoms with Gasteiger partial charge in [-0.2, -0.15) is 0 Å². The molecule has 15 heavy (non-hydrogen) atoms. The van der Waals surface area contributed by atoms with E-state index in [1.54, 1.807) is 7.11 Å². The van der Waals surface area contributed by atoms with Crippen molar-refractivity contribution in [3.05, 3.63) is 29.3 Å². The fourth-order valence-electron chi connectivity index (χ4n) is 1.15. The quantitative estimate of drug-likeness (QED) is 0.735. The van der Waals surface area contributed by atoms with Gasteiger partial charge in [-0.3, -0.25) is 4.79 Å². The highest BCUT2D eigenvalue weighted by Gasteiger charge is 1.99. The molecular weight excluding hydrogens is 190 g/mol. The average molecular weight is 203 g/mol. The fourth-order valence-corrected chi connectivity index (χ4v) is 1.15. The number of benzene rings is 1. The minimum Gasteiger partial charge on any atom is -0.495 e. The Hall–Kier alpha value is -1.95. The molecule has 1 aromatic carbocycles. The topological polar surface area (TPSA) is 52.3 Å². The van der Waals surface area contributed by atoms with E-state index in [2.05, 4.69) is 11.8 Å². The van der Waals surface area contributed by atoms with Gasteiger partial charge in [0, 0.05) is 0 Å². The number of rotatable bonds is 2. The molecule has 0 heterocycles. The van der Waals surface area contributed by atoms with Crippen LogP contribution >= 0.6 is 0 Å². The Labute approximate surface area is 89.2 Å². The number of hydrogen-bond donors (Lipinski definition) is 1. The summed E-state index contributed by atoms with van der Waals surface area (Å²) in [6, 6.07) is 5.70. The standard InChI is InChI=1S/C12H13NO2/c1-9-6-7-11(15-2)10(8-9)4-3-5-12(13)14/h6-8H,5H2,1-2H3,(H2,13,14). The van der Waals surface area contributed by atoms with Crippen molar-refractivity contribution in [2.75, 3.05) is 7.11 Å². The monoisotopic (exact) mass is 203 g/mol. The zero-order valence-electron chi connectivity index (χ0n) is 8.83. The zero-order chi connectivity index (χ0) is 11.3. The summed E-state index contributed by atoms with van der Waals surface area (Å²) in [6.45, 7) is 1.97. The van der Waals surface area contributed by atoms with E-state index in [4.69, 9.17) is 10.5 Å². The molecule has 0 atom stereocenters. The summed E-state index contributed by atoms with van der Waals surface area (Å²) >= 11 is 0. The molecule has 0 aliphatic rings. The van der Waals surface area contributed by atoms with Crippen LogP contribution in [0.4, 0.5) is 0 Å². The molecule has 0 aromatic heterocycles. The maximum absolute atomic E-state index is 10.5. The summed E-state index contributed by atoms with van der Waals surface area (Å²) in [5, 5.41) is 0. The lowest BCUT2D eigenvalue weighted by atomic mass is 10.1. The molecule has 3 nitrogen and oxygen atoms in total. The van der Waals surface area contributed by atoms with Crippen LogP contribution in [0.1, 0.15) is 17.5 Å². The molecule has 0 unspecified atom stereocenters. The molecule has 0 fully saturated rings. The number of carbonyl (C=O) groups excluding carboxylic acids is 1. The Bertz CT molecular complexity index is 427. The van der Waals surface area contributed by atoms with Gasteiger partial charge in [0.25, 0.3) is 0 Å². The molecule has 0 radical (unpaired) electrons. The van der Waals surface area contributed by atoms with Crippen LogP contribution in [0.3, 0.4) is 0 Å². The van der Waals surface area contributed by atoms with Gasteiger partial charge in [0.05, 0.1) is 19.1 Å². The van der Waals surface area contributed by atoms with E-state index in [9.17, 15) is 4.79 Å². The van der Waals surface area contributed by atoms with Crippen LogP contribution in [-0.2, 0) is 4.79 Å². The number of nitrogens with two attached hydrogens (primary N) is 1. The summed E-state index contributed by atoms with van der Waals surface area (Å²) < 4.78 is 5.14. The number of primary amides is 1. The van der Waals surface area contributed by atoms with Crippen molar-refractivity contribution in [3.63, 3.8) is 0 Å². The van der Waals surface area contributed by atoms with E-state index in [0.29, 0.717) is 5.75 Å². The molecular formula is C12H13NO2. The molecule has 0 bridgehead atoms. The average Bonchev–Trinajstić information content (AvgIpc) is 2.17. The second-order valence-electron chi connectivity index (χ2n) is 3.15. The Kier molecular flexibility index (Phi) is 3.75. The van der Waals surface area contributed by atoms with Crippen molar-refractivity contribution in [1.82, 2.24) is 0 Å². The minimum absolute atomic E-state index is 0.0666.